The first-order valence-electron chi connectivity index (χ1n) is 3.53. The van der Waals surface area contributed by atoms with Crippen molar-refractivity contribution >= 4 is 17.3 Å². The standard InChI is InChI=1S/C8H8ClN3O/c1-12(13-2)7-3-4-11-8(9)6(7)5-10/h3-4H,1-2H3. The van der Waals surface area contributed by atoms with Crippen molar-refractivity contribution in [1.82, 2.24) is 4.98 Å². The van der Waals surface area contributed by atoms with E-state index in [0.29, 0.717) is 11.3 Å². The summed E-state index contributed by atoms with van der Waals surface area (Å²) in [6.45, 7) is 0. The van der Waals surface area contributed by atoms with E-state index in [-0.39, 0.29) is 5.15 Å². The van der Waals surface area contributed by atoms with Crippen LogP contribution < -0.4 is 5.06 Å². The van der Waals surface area contributed by atoms with Gasteiger partial charge in [-0.1, -0.05) is 11.6 Å². The van der Waals surface area contributed by atoms with Gasteiger partial charge in [-0.2, -0.15) is 5.26 Å². The Morgan fingerprint density at radius 1 is 1.69 bits per heavy atom. The van der Waals surface area contributed by atoms with E-state index < -0.39 is 0 Å². The summed E-state index contributed by atoms with van der Waals surface area (Å²) in [5.74, 6) is 0. The summed E-state index contributed by atoms with van der Waals surface area (Å²) < 4.78 is 0. The van der Waals surface area contributed by atoms with Gasteiger partial charge in [-0.15, -0.1) is 0 Å². The number of rotatable bonds is 2. The first-order chi connectivity index (χ1) is 6.20. The van der Waals surface area contributed by atoms with Crippen LogP contribution in [0.5, 0.6) is 0 Å². The van der Waals surface area contributed by atoms with Crippen LogP contribution in [0, 0.1) is 11.3 Å². The summed E-state index contributed by atoms with van der Waals surface area (Å²) in [4.78, 5) is 8.72. The van der Waals surface area contributed by atoms with Gasteiger partial charge in [-0.25, -0.2) is 4.98 Å². The Bertz CT molecular complexity index is 348. The highest BCUT2D eigenvalue weighted by atomic mass is 35.5. The topological polar surface area (TPSA) is 49.1 Å². The Hall–Kier alpha value is -1.31. The van der Waals surface area contributed by atoms with Crippen molar-refractivity contribution in [1.29, 1.82) is 5.26 Å². The average molecular weight is 198 g/mol. The lowest BCUT2D eigenvalue weighted by Gasteiger charge is -2.16. The Balaban J connectivity index is 3.22. The minimum Gasteiger partial charge on any atom is -0.277 e. The van der Waals surface area contributed by atoms with Crippen molar-refractivity contribution in [2.75, 3.05) is 19.2 Å². The maximum absolute atomic E-state index is 8.79. The smallest absolute Gasteiger partial charge is 0.148 e. The third kappa shape index (κ3) is 1.89. The molecule has 1 aromatic rings. The van der Waals surface area contributed by atoms with Crippen LogP contribution in [0.2, 0.25) is 5.15 Å². The van der Waals surface area contributed by atoms with Gasteiger partial charge in [0.05, 0.1) is 12.8 Å². The van der Waals surface area contributed by atoms with E-state index in [1.54, 1.807) is 13.1 Å². The van der Waals surface area contributed by atoms with Crippen molar-refractivity contribution in [2.45, 2.75) is 0 Å². The van der Waals surface area contributed by atoms with Crippen molar-refractivity contribution in [3.05, 3.63) is 23.0 Å². The average Bonchev–Trinajstić information content (AvgIpc) is 2.16. The second-order valence-electron chi connectivity index (χ2n) is 2.29. The predicted octanol–water partition coefficient (Wildman–Crippen LogP) is 1.60. The Morgan fingerprint density at radius 2 is 2.38 bits per heavy atom. The summed E-state index contributed by atoms with van der Waals surface area (Å²) in [7, 11) is 3.20. The number of hydroxylamine groups is 1. The molecule has 0 aliphatic rings. The fraction of sp³-hybridized carbons (Fsp3) is 0.250. The van der Waals surface area contributed by atoms with E-state index >= 15 is 0 Å². The summed E-state index contributed by atoms with van der Waals surface area (Å²) >= 11 is 5.71. The van der Waals surface area contributed by atoms with E-state index in [2.05, 4.69) is 4.98 Å². The molecule has 0 amide bonds. The van der Waals surface area contributed by atoms with E-state index in [0.717, 1.165) is 0 Å². The number of hydrogen-bond donors (Lipinski definition) is 0. The number of nitriles is 1. The molecule has 0 aliphatic carbocycles. The second-order valence-corrected chi connectivity index (χ2v) is 2.65. The van der Waals surface area contributed by atoms with Crippen molar-refractivity contribution in [3.63, 3.8) is 0 Å². The number of aromatic nitrogens is 1. The normalized spacial score (nSPS) is 9.38. The zero-order chi connectivity index (χ0) is 9.84. The molecular formula is C8H8ClN3O. The van der Waals surface area contributed by atoms with Crippen molar-refractivity contribution in [3.8, 4) is 6.07 Å². The van der Waals surface area contributed by atoms with Crippen LogP contribution in [0.3, 0.4) is 0 Å². The van der Waals surface area contributed by atoms with Gasteiger partial charge in [0, 0.05) is 13.2 Å². The summed E-state index contributed by atoms with van der Waals surface area (Å²) in [5, 5.41) is 10.4. The van der Waals surface area contributed by atoms with Gasteiger partial charge in [-0.05, 0) is 6.07 Å². The molecule has 0 bridgehead atoms. The zero-order valence-corrected chi connectivity index (χ0v) is 8.04. The third-order valence-corrected chi connectivity index (χ3v) is 1.89. The van der Waals surface area contributed by atoms with Crippen LogP contribution in [-0.4, -0.2) is 19.1 Å². The quantitative estimate of drug-likeness (QED) is 0.534. The lowest BCUT2D eigenvalue weighted by atomic mass is 10.2. The SMILES string of the molecule is CON(C)c1ccnc(Cl)c1C#N. The number of nitrogens with zero attached hydrogens (tertiary/aromatic N) is 3. The molecule has 0 fully saturated rings. The van der Waals surface area contributed by atoms with Crippen LogP contribution in [0.1, 0.15) is 5.56 Å². The van der Waals surface area contributed by atoms with Crippen LogP contribution in [-0.2, 0) is 4.84 Å². The van der Waals surface area contributed by atoms with Gasteiger partial charge in [-0.3, -0.25) is 9.90 Å². The molecule has 0 saturated heterocycles. The molecule has 0 atom stereocenters. The maximum Gasteiger partial charge on any atom is 0.148 e. The molecule has 0 radical (unpaired) electrons. The molecule has 0 unspecified atom stereocenters. The van der Waals surface area contributed by atoms with Gasteiger partial charge >= 0.3 is 0 Å². The molecule has 1 heterocycles. The van der Waals surface area contributed by atoms with E-state index in [9.17, 15) is 0 Å². The summed E-state index contributed by atoms with van der Waals surface area (Å²) in [5.41, 5.74) is 0.915. The lowest BCUT2D eigenvalue weighted by Crippen LogP contribution is -2.16. The highest BCUT2D eigenvalue weighted by molar-refractivity contribution is 6.30. The van der Waals surface area contributed by atoms with Crippen molar-refractivity contribution < 1.29 is 4.84 Å². The molecule has 5 heteroatoms. The second kappa shape index (κ2) is 4.08. The number of pyridine rings is 1. The van der Waals surface area contributed by atoms with Gasteiger partial charge in [0.25, 0.3) is 0 Å². The minimum atomic E-state index is 0.184. The number of anilines is 1. The summed E-state index contributed by atoms with van der Waals surface area (Å²) in [6.07, 6.45) is 1.52. The zero-order valence-electron chi connectivity index (χ0n) is 7.28. The van der Waals surface area contributed by atoms with E-state index in [4.69, 9.17) is 21.7 Å². The lowest BCUT2D eigenvalue weighted by molar-refractivity contribution is 0.184. The fourth-order valence-corrected chi connectivity index (χ4v) is 1.09. The molecule has 0 aliphatic heterocycles. The molecule has 0 spiro atoms. The molecule has 4 nitrogen and oxygen atoms in total. The monoisotopic (exact) mass is 197 g/mol. The molecule has 0 aromatic carbocycles. The van der Waals surface area contributed by atoms with Gasteiger partial charge in [0.2, 0.25) is 0 Å². The molecule has 0 saturated carbocycles. The molecule has 13 heavy (non-hydrogen) atoms. The van der Waals surface area contributed by atoms with Gasteiger partial charge in [0.1, 0.15) is 16.8 Å². The molecule has 1 rings (SSSR count). The molecule has 68 valence electrons. The van der Waals surface area contributed by atoms with E-state index in [1.807, 2.05) is 6.07 Å². The first-order valence-corrected chi connectivity index (χ1v) is 3.91. The van der Waals surface area contributed by atoms with E-state index in [1.165, 1.54) is 18.4 Å². The molecule has 0 N–H and O–H groups in total. The highest BCUT2D eigenvalue weighted by Gasteiger charge is 2.10. The first kappa shape index (κ1) is 9.78. The molecule has 1 aromatic heterocycles. The minimum absolute atomic E-state index is 0.184. The van der Waals surface area contributed by atoms with Crippen LogP contribution in [0.15, 0.2) is 12.3 Å². The number of halogens is 1. The maximum atomic E-state index is 8.79. The number of hydrogen-bond acceptors (Lipinski definition) is 4. The Kier molecular flexibility index (Phi) is 3.07. The Morgan fingerprint density at radius 3 is 2.92 bits per heavy atom. The Labute approximate surface area is 81.3 Å². The van der Waals surface area contributed by atoms with Crippen LogP contribution in [0.4, 0.5) is 5.69 Å². The van der Waals surface area contributed by atoms with Crippen molar-refractivity contribution in [2.24, 2.45) is 0 Å². The fourth-order valence-electron chi connectivity index (χ4n) is 0.891. The van der Waals surface area contributed by atoms with Crippen LogP contribution >= 0.6 is 11.6 Å². The highest BCUT2D eigenvalue weighted by Crippen LogP contribution is 2.23. The largest absolute Gasteiger partial charge is 0.277 e. The third-order valence-electron chi connectivity index (χ3n) is 1.61. The van der Waals surface area contributed by atoms with Crippen LogP contribution in [0.25, 0.3) is 0 Å². The predicted molar refractivity (Wildman–Crippen MR) is 49.4 cm³/mol. The molecular weight excluding hydrogens is 190 g/mol. The summed E-state index contributed by atoms with van der Waals surface area (Å²) in [6, 6.07) is 3.62. The van der Waals surface area contributed by atoms with Gasteiger partial charge in [0.15, 0.2) is 0 Å². The van der Waals surface area contributed by atoms with Gasteiger partial charge < -0.3 is 0 Å².